The molecule has 21 heavy (non-hydrogen) atoms. The van der Waals surface area contributed by atoms with Crippen molar-refractivity contribution in [3.8, 4) is 5.75 Å². The number of benzene rings is 1. The van der Waals surface area contributed by atoms with E-state index in [2.05, 4.69) is 5.32 Å². The summed E-state index contributed by atoms with van der Waals surface area (Å²) in [5.41, 5.74) is 0.0147. The maximum Gasteiger partial charge on any atom is 0.408 e. The van der Waals surface area contributed by atoms with Gasteiger partial charge in [0.1, 0.15) is 17.4 Å². The van der Waals surface area contributed by atoms with Gasteiger partial charge < -0.3 is 19.9 Å². The van der Waals surface area contributed by atoms with E-state index in [0.29, 0.717) is 11.3 Å². The molecule has 0 saturated carbocycles. The van der Waals surface area contributed by atoms with Crippen molar-refractivity contribution in [2.24, 2.45) is 0 Å². The number of methoxy groups -OCH3 is 1. The Morgan fingerprint density at radius 3 is 2.43 bits per heavy atom. The summed E-state index contributed by atoms with van der Waals surface area (Å²) in [6.07, 6.45) is -0.650. The van der Waals surface area contributed by atoms with Gasteiger partial charge in [-0.15, -0.1) is 0 Å². The Morgan fingerprint density at radius 2 is 1.90 bits per heavy atom. The predicted octanol–water partition coefficient (Wildman–Crippen LogP) is 2.22. The molecular formula is C15H21NO5. The second-order valence-corrected chi connectivity index (χ2v) is 5.55. The monoisotopic (exact) mass is 295 g/mol. The molecule has 0 bridgehead atoms. The highest BCUT2D eigenvalue weighted by Crippen LogP contribution is 2.19. The predicted molar refractivity (Wildman–Crippen MR) is 77.5 cm³/mol. The molecule has 1 aromatic carbocycles. The molecule has 6 nitrogen and oxygen atoms in total. The SMILES string of the molecule is COc1ccccc1C[C@@H](NC(=O)OC(C)(C)C)C(=O)O. The molecule has 1 aromatic rings. The van der Waals surface area contributed by atoms with Gasteiger partial charge in [-0.3, -0.25) is 0 Å². The third-order valence-corrected chi connectivity index (χ3v) is 2.61. The van der Waals surface area contributed by atoms with Gasteiger partial charge in [-0.25, -0.2) is 9.59 Å². The third kappa shape index (κ3) is 5.72. The Balaban J connectivity index is 2.79. The molecule has 0 aliphatic rings. The van der Waals surface area contributed by atoms with E-state index >= 15 is 0 Å². The smallest absolute Gasteiger partial charge is 0.408 e. The lowest BCUT2D eigenvalue weighted by atomic mass is 10.1. The number of nitrogens with one attached hydrogen (secondary N) is 1. The fourth-order valence-electron chi connectivity index (χ4n) is 1.74. The van der Waals surface area contributed by atoms with Crippen LogP contribution >= 0.6 is 0 Å². The van der Waals surface area contributed by atoms with E-state index in [-0.39, 0.29) is 6.42 Å². The van der Waals surface area contributed by atoms with Crippen LogP contribution < -0.4 is 10.1 Å². The minimum Gasteiger partial charge on any atom is -0.496 e. The Labute approximate surface area is 124 Å². The molecule has 0 saturated heterocycles. The molecule has 0 aliphatic heterocycles. The summed E-state index contributed by atoms with van der Waals surface area (Å²) in [6, 6.07) is 5.98. The number of rotatable bonds is 5. The van der Waals surface area contributed by atoms with Gasteiger partial charge in [-0.05, 0) is 32.4 Å². The van der Waals surface area contributed by atoms with Gasteiger partial charge in [-0.1, -0.05) is 18.2 Å². The molecule has 6 heteroatoms. The Kier molecular flexibility index (Phi) is 5.58. The number of amides is 1. The van der Waals surface area contributed by atoms with Crippen LogP contribution in [0.15, 0.2) is 24.3 Å². The summed E-state index contributed by atoms with van der Waals surface area (Å²) in [6.45, 7) is 5.13. The maximum atomic E-state index is 11.7. The fourth-order valence-corrected chi connectivity index (χ4v) is 1.74. The quantitative estimate of drug-likeness (QED) is 0.870. The van der Waals surface area contributed by atoms with E-state index in [4.69, 9.17) is 9.47 Å². The first-order valence-electron chi connectivity index (χ1n) is 6.57. The number of carboxylic acids is 1. The second kappa shape index (κ2) is 6.97. The summed E-state index contributed by atoms with van der Waals surface area (Å²) >= 11 is 0. The Bertz CT molecular complexity index is 507. The minimum atomic E-state index is -1.13. The van der Waals surface area contributed by atoms with Crippen LogP contribution in [0, 0.1) is 0 Å². The summed E-state index contributed by atoms with van der Waals surface area (Å²) in [4.78, 5) is 23.0. The van der Waals surface area contributed by atoms with Gasteiger partial charge in [0.05, 0.1) is 7.11 Å². The molecule has 1 atom stereocenters. The van der Waals surface area contributed by atoms with E-state index in [1.165, 1.54) is 7.11 Å². The molecule has 0 radical (unpaired) electrons. The van der Waals surface area contributed by atoms with Gasteiger partial charge in [0.15, 0.2) is 0 Å². The number of hydrogen-bond donors (Lipinski definition) is 2. The van der Waals surface area contributed by atoms with Crippen LogP contribution in [0.4, 0.5) is 4.79 Å². The van der Waals surface area contributed by atoms with E-state index < -0.39 is 23.7 Å². The highest BCUT2D eigenvalue weighted by molar-refractivity contribution is 5.80. The number of carbonyl (C=O) groups is 2. The molecule has 0 aliphatic carbocycles. The first-order chi connectivity index (χ1) is 9.73. The molecule has 116 valence electrons. The molecule has 0 aromatic heterocycles. The number of para-hydroxylation sites is 1. The molecular weight excluding hydrogens is 274 g/mol. The van der Waals surface area contributed by atoms with Crippen LogP contribution in [0.25, 0.3) is 0 Å². The van der Waals surface area contributed by atoms with E-state index in [0.717, 1.165) is 0 Å². The maximum absolute atomic E-state index is 11.7. The molecule has 2 N–H and O–H groups in total. The van der Waals surface area contributed by atoms with Crippen molar-refractivity contribution in [1.82, 2.24) is 5.32 Å². The van der Waals surface area contributed by atoms with Crippen molar-refractivity contribution >= 4 is 12.1 Å². The van der Waals surface area contributed by atoms with Crippen LogP contribution in [0.5, 0.6) is 5.75 Å². The lowest BCUT2D eigenvalue weighted by molar-refractivity contribution is -0.139. The second-order valence-electron chi connectivity index (χ2n) is 5.55. The first-order valence-corrected chi connectivity index (χ1v) is 6.57. The largest absolute Gasteiger partial charge is 0.496 e. The Hall–Kier alpha value is -2.24. The average Bonchev–Trinajstić information content (AvgIpc) is 2.36. The van der Waals surface area contributed by atoms with Gasteiger partial charge in [0, 0.05) is 6.42 Å². The summed E-state index contributed by atoms with van der Waals surface area (Å²) in [5.74, 6) is -0.554. The van der Waals surface area contributed by atoms with E-state index in [1.807, 2.05) is 0 Å². The van der Waals surface area contributed by atoms with E-state index in [9.17, 15) is 14.7 Å². The van der Waals surface area contributed by atoms with Crippen LogP contribution in [0.1, 0.15) is 26.3 Å². The van der Waals surface area contributed by atoms with Crippen molar-refractivity contribution in [2.75, 3.05) is 7.11 Å². The molecule has 0 fully saturated rings. The number of ether oxygens (including phenoxy) is 2. The van der Waals surface area contributed by atoms with Crippen LogP contribution in [-0.4, -0.2) is 35.9 Å². The van der Waals surface area contributed by atoms with Crippen molar-refractivity contribution in [1.29, 1.82) is 0 Å². The van der Waals surface area contributed by atoms with E-state index in [1.54, 1.807) is 45.0 Å². The number of carboxylic acid groups (broad SMARTS) is 1. The average molecular weight is 295 g/mol. The third-order valence-electron chi connectivity index (χ3n) is 2.61. The molecule has 1 amide bonds. The minimum absolute atomic E-state index is 0.110. The van der Waals surface area contributed by atoms with Crippen LogP contribution in [0.2, 0.25) is 0 Å². The number of aliphatic carboxylic acids is 1. The summed E-state index contributed by atoms with van der Waals surface area (Å²) in [7, 11) is 1.51. The highest BCUT2D eigenvalue weighted by Gasteiger charge is 2.25. The molecule has 0 heterocycles. The van der Waals surface area contributed by atoms with Gasteiger partial charge in [-0.2, -0.15) is 0 Å². The van der Waals surface area contributed by atoms with Crippen molar-refractivity contribution in [3.63, 3.8) is 0 Å². The van der Waals surface area contributed by atoms with Gasteiger partial charge >= 0.3 is 12.1 Å². The summed E-state index contributed by atoms with van der Waals surface area (Å²) in [5, 5.41) is 11.6. The normalized spacial score (nSPS) is 12.4. The zero-order chi connectivity index (χ0) is 16.0. The van der Waals surface area contributed by atoms with Gasteiger partial charge in [0.25, 0.3) is 0 Å². The number of hydrogen-bond acceptors (Lipinski definition) is 4. The Morgan fingerprint density at radius 1 is 1.29 bits per heavy atom. The fraction of sp³-hybridized carbons (Fsp3) is 0.467. The summed E-state index contributed by atoms with van der Waals surface area (Å²) < 4.78 is 10.2. The molecule has 1 rings (SSSR count). The first kappa shape index (κ1) is 16.8. The lowest BCUT2D eigenvalue weighted by Crippen LogP contribution is -2.44. The van der Waals surface area contributed by atoms with Crippen molar-refractivity contribution in [2.45, 2.75) is 38.8 Å². The van der Waals surface area contributed by atoms with Crippen LogP contribution in [0.3, 0.4) is 0 Å². The van der Waals surface area contributed by atoms with Crippen molar-refractivity contribution in [3.05, 3.63) is 29.8 Å². The number of carbonyl (C=O) groups excluding carboxylic acids is 1. The van der Waals surface area contributed by atoms with Crippen molar-refractivity contribution < 1.29 is 24.2 Å². The topological polar surface area (TPSA) is 84.9 Å². The lowest BCUT2D eigenvalue weighted by Gasteiger charge is -2.22. The molecule has 0 unspecified atom stereocenters. The highest BCUT2D eigenvalue weighted by atomic mass is 16.6. The zero-order valence-corrected chi connectivity index (χ0v) is 12.7. The van der Waals surface area contributed by atoms with Crippen LogP contribution in [-0.2, 0) is 16.0 Å². The number of alkyl carbamates (subject to hydrolysis) is 1. The standard InChI is InChI=1S/C15H21NO5/c1-15(2,3)21-14(19)16-11(13(17)18)9-10-7-5-6-8-12(10)20-4/h5-8,11H,9H2,1-4H3,(H,16,19)(H,17,18)/t11-/m1/s1. The molecule has 0 spiro atoms. The van der Waals surface area contributed by atoms with Gasteiger partial charge in [0.2, 0.25) is 0 Å². The zero-order valence-electron chi connectivity index (χ0n) is 12.7.